The molecule has 6 nitrogen and oxygen atoms in total. The Morgan fingerprint density at radius 1 is 1.00 bits per heavy atom. The zero-order chi connectivity index (χ0) is 22.4. The molecule has 0 bridgehead atoms. The highest BCUT2D eigenvalue weighted by atomic mass is 35.5. The Bertz CT molecular complexity index is 1030. The van der Waals surface area contributed by atoms with E-state index in [1.54, 1.807) is 38.1 Å². The van der Waals surface area contributed by atoms with E-state index in [4.69, 9.17) is 21.1 Å². The molecule has 0 aromatic heterocycles. The summed E-state index contributed by atoms with van der Waals surface area (Å²) in [5, 5.41) is 13.3. The highest BCUT2D eigenvalue weighted by Crippen LogP contribution is 2.39. The number of carboxylic acid groups (broad SMARTS) is 1. The van der Waals surface area contributed by atoms with Crippen molar-refractivity contribution in [1.82, 2.24) is 5.32 Å². The number of esters is 1. The summed E-state index contributed by atoms with van der Waals surface area (Å²) in [4.78, 5) is 25.0. The van der Waals surface area contributed by atoms with Gasteiger partial charge in [0, 0.05) is 22.8 Å². The average molecular weight is 442 g/mol. The molecule has 1 aliphatic rings. The first-order valence-corrected chi connectivity index (χ1v) is 10.3. The third-order valence-electron chi connectivity index (χ3n) is 4.93. The van der Waals surface area contributed by atoms with Gasteiger partial charge in [-0.2, -0.15) is 0 Å². The lowest BCUT2D eigenvalue weighted by Gasteiger charge is -2.29. The van der Waals surface area contributed by atoms with Crippen molar-refractivity contribution in [2.24, 2.45) is 0 Å². The number of aliphatic carboxylic acids is 1. The summed E-state index contributed by atoms with van der Waals surface area (Å²) in [6.07, 6.45) is 0.503. The molecule has 1 unspecified atom stereocenters. The zero-order valence-electron chi connectivity index (χ0n) is 17.4. The molecule has 3 rings (SSSR count). The molecule has 0 saturated heterocycles. The molecule has 0 aliphatic carbocycles. The number of halogens is 1. The van der Waals surface area contributed by atoms with Gasteiger partial charge in [0.25, 0.3) is 0 Å². The van der Waals surface area contributed by atoms with Crippen molar-refractivity contribution in [2.45, 2.75) is 26.2 Å². The number of carbonyl (C=O) groups is 2. The van der Waals surface area contributed by atoms with E-state index in [1.807, 2.05) is 30.3 Å². The number of ether oxygens (including phenoxy) is 2. The summed E-state index contributed by atoms with van der Waals surface area (Å²) in [6.45, 7) is 3.95. The summed E-state index contributed by atoms with van der Waals surface area (Å²) in [6, 6.07) is 16.2. The van der Waals surface area contributed by atoms with Crippen molar-refractivity contribution in [2.75, 3.05) is 13.2 Å². The van der Waals surface area contributed by atoms with Gasteiger partial charge in [0.2, 0.25) is 0 Å². The Kier molecular flexibility index (Phi) is 7.36. The van der Waals surface area contributed by atoms with E-state index < -0.39 is 17.9 Å². The molecule has 1 aliphatic heterocycles. The number of dihydropyridines is 1. The standard InChI is InChI=1S/C24H24ClNO5/c1-15-20(23(27)28)22(17-8-6-9-18(25)14-17)21(16(2)26-15)24(29)31-13-7-12-30-19-10-4-3-5-11-19/h3-6,8-11,14,22,26H,7,12-13H2,1-2H3,(H,27,28). The van der Waals surface area contributed by atoms with E-state index in [2.05, 4.69) is 5.32 Å². The van der Waals surface area contributed by atoms with E-state index in [9.17, 15) is 14.7 Å². The fourth-order valence-corrected chi connectivity index (χ4v) is 3.77. The second-order valence-electron chi connectivity index (χ2n) is 7.15. The van der Waals surface area contributed by atoms with Gasteiger partial charge in [-0.15, -0.1) is 0 Å². The molecule has 1 atom stereocenters. The average Bonchev–Trinajstić information content (AvgIpc) is 2.73. The lowest BCUT2D eigenvalue weighted by Crippen LogP contribution is -2.32. The summed E-state index contributed by atoms with van der Waals surface area (Å²) in [5.41, 5.74) is 1.99. The van der Waals surface area contributed by atoms with Crippen molar-refractivity contribution in [1.29, 1.82) is 0 Å². The van der Waals surface area contributed by atoms with Crippen LogP contribution in [0.4, 0.5) is 0 Å². The molecule has 162 valence electrons. The van der Waals surface area contributed by atoms with Crippen molar-refractivity contribution in [3.8, 4) is 5.75 Å². The molecule has 2 aromatic rings. The largest absolute Gasteiger partial charge is 0.493 e. The monoisotopic (exact) mass is 441 g/mol. The van der Waals surface area contributed by atoms with E-state index in [0.29, 0.717) is 35.0 Å². The predicted octanol–water partition coefficient (Wildman–Crippen LogP) is 4.67. The van der Waals surface area contributed by atoms with Crippen LogP contribution in [0.1, 0.15) is 31.7 Å². The smallest absolute Gasteiger partial charge is 0.336 e. The van der Waals surface area contributed by atoms with Crippen molar-refractivity contribution >= 4 is 23.5 Å². The third-order valence-corrected chi connectivity index (χ3v) is 5.16. The van der Waals surface area contributed by atoms with Crippen molar-refractivity contribution in [3.05, 3.63) is 87.7 Å². The van der Waals surface area contributed by atoms with Crippen molar-refractivity contribution < 1.29 is 24.2 Å². The fourth-order valence-electron chi connectivity index (χ4n) is 3.58. The van der Waals surface area contributed by atoms with Gasteiger partial charge in [-0.1, -0.05) is 41.9 Å². The lowest BCUT2D eigenvalue weighted by atomic mass is 9.80. The van der Waals surface area contributed by atoms with E-state index in [0.717, 1.165) is 5.75 Å². The van der Waals surface area contributed by atoms with Gasteiger partial charge in [0.05, 0.1) is 30.3 Å². The van der Waals surface area contributed by atoms with Crippen LogP contribution in [0.2, 0.25) is 5.02 Å². The van der Waals surface area contributed by atoms with Crippen LogP contribution in [0.15, 0.2) is 77.1 Å². The second-order valence-corrected chi connectivity index (χ2v) is 7.58. The zero-order valence-corrected chi connectivity index (χ0v) is 18.1. The highest BCUT2D eigenvalue weighted by Gasteiger charge is 2.37. The summed E-state index contributed by atoms with van der Waals surface area (Å²) in [5.74, 6) is -1.72. The van der Waals surface area contributed by atoms with Gasteiger partial charge >= 0.3 is 11.9 Å². The number of allylic oxidation sites excluding steroid dienone is 2. The Morgan fingerprint density at radius 2 is 1.71 bits per heavy atom. The SMILES string of the molecule is CC1=C(C(=O)O)C(c2cccc(Cl)c2)C(C(=O)OCCCOc2ccccc2)=C(C)N1. The molecule has 2 N–H and O–H groups in total. The molecule has 1 heterocycles. The molecule has 2 aromatic carbocycles. The van der Waals surface area contributed by atoms with Crippen LogP contribution in [0.3, 0.4) is 0 Å². The Balaban J connectivity index is 1.74. The molecule has 0 amide bonds. The maximum absolute atomic E-state index is 13.0. The second kappa shape index (κ2) is 10.2. The molecule has 0 fully saturated rings. The molecular formula is C24H24ClNO5. The van der Waals surface area contributed by atoms with Gasteiger partial charge in [-0.3, -0.25) is 0 Å². The minimum atomic E-state index is -1.11. The molecule has 0 saturated carbocycles. The summed E-state index contributed by atoms with van der Waals surface area (Å²) < 4.78 is 11.1. The minimum Gasteiger partial charge on any atom is -0.493 e. The van der Waals surface area contributed by atoms with Crippen molar-refractivity contribution in [3.63, 3.8) is 0 Å². The molecule has 0 spiro atoms. The molecular weight excluding hydrogens is 418 g/mol. The van der Waals surface area contributed by atoms with Crippen LogP contribution < -0.4 is 10.1 Å². The maximum atomic E-state index is 13.0. The summed E-state index contributed by atoms with van der Waals surface area (Å²) in [7, 11) is 0. The Hall–Kier alpha value is -3.25. The van der Waals surface area contributed by atoms with Crippen LogP contribution in [-0.2, 0) is 14.3 Å². The van der Waals surface area contributed by atoms with E-state index in [1.165, 1.54) is 0 Å². The minimum absolute atomic E-state index is 0.0900. The Labute approximate surface area is 186 Å². The van der Waals surface area contributed by atoms with Gasteiger partial charge in [0.1, 0.15) is 5.75 Å². The first kappa shape index (κ1) is 22.4. The highest BCUT2D eigenvalue weighted by molar-refractivity contribution is 6.30. The number of hydrogen-bond donors (Lipinski definition) is 2. The Morgan fingerprint density at radius 3 is 2.39 bits per heavy atom. The summed E-state index contributed by atoms with van der Waals surface area (Å²) >= 11 is 6.14. The van der Waals surface area contributed by atoms with Crippen LogP contribution in [0.5, 0.6) is 5.75 Å². The van der Waals surface area contributed by atoms with Crippen LogP contribution in [0.25, 0.3) is 0 Å². The van der Waals surface area contributed by atoms with Gasteiger partial charge in [-0.05, 0) is 43.7 Å². The number of carbonyl (C=O) groups excluding carboxylic acids is 1. The maximum Gasteiger partial charge on any atom is 0.336 e. The molecule has 31 heavy (non-hydrogen) atoms. The number of benzene rings is 2. The topological polar surface area (TPSA) is 84.9 Å². The predicted molar refractivity (Wildman–Crippen MR) is 118 cm³/mol. The van der Waals surface area contributed by atoms with Crippen LogP contribution in [0, 0.1) is 0 Å². The third kappa shape index (κ3) is 5.47. The van der Waals surface area contributed by atoms with Gasteiger partial charge < -0.3 is 19.9 Å². The first-order chi connectivity index (χ1) is 14.9. The van der Waals surface area contributed by atoms with Gasteiger partial charge in [0.15, 0.2) is 0 Å². The molecule has 7 heteroatoms. The number of para-hydroxylation sites is 1. The number of carboxylic acids is 1. The molecule has 0 radical (unpaired) electrons. The number of rotatable bonds is 8. The number of hydrogen-bond acceptors (Lipinski definition) is 5. The van der Waals surface area contributed by atoms with Crippen LogP contribution >= 0.6 is 11.6 Å². The lowest BCUT2D eigenvalue weighted by molar-refractivity contribution is -0.139. The number of nitrogens with one attached hydrogen (secondary N) is 1. The normalized spacial score (nSPS) is 16.0. The van der Waals surface area contributed by atoms with Crippen LogP contribution in [-0.4, -0.2) is 30.3 Å². The van der Waals surface area contributed by atoms with Gasteiger partial charge in [-0.25, -0.2) is 9.59 Å². The first-order valence-electron chi connectivity index (χ1n) is 9.90. The quantitative estimate of drug-likeness (QED) is 0.457. The fraction of sp³-hybridized carbons (Fsp3) is 0.250. The van der Waals surface area contributed by atoms with E-state index in [-0.39, 0.29) is 17.8 Å². The van der Waals surface area contributed by atoms with E-state index >= 15 is 0 Å².